The predicted octanol–water partition coefficient (Wildman–Crippen LogP) is 3.01. The molecule has 4 heteroatoms. The molecule has 1 aliphatic heterocycles. The van der Waals surface area contributed by atoms with E-state index in [1.54, 1.807) is 0 Å². The highest BCUT2D eigenvalue weighted by atomic mass is 32.2. The van der Waals surface area contributed by atoms with Crippen LogP contribution in [0.2, 0.25) is 0 Å². The molecule has 2 rings (SSSR count). The molecule has 0 saturated carbocycles. The van der Waals surface area contributed by atoms with Crippen molar-refractivity contribution in [3.8, 4) is 0 Å². The zero-order valence-corrected chi connectivity index (χ0v) is 12.5. The molecule has 0 saturated heterocycles. The molecular weight excluding hydrogens is 258 g/mol. The maximum atomic E-state index is 11.8. The van der Waals surface area contributed by atoms with Crippen molar-refractivity contribution >= 4 is 17.7 Å². The normalized spacial score (nSPS) is 19.9. The van der Waals surface area contributed by atoms with E-state index >= 15 is 0 Å². The number of methoxy groups -OCH3 is 1. The molecule has 2 atom stereocenters. The molecular formula is C15H21NO2S. The van der Waals surface area contributed by atoms with Gasteiger partial charge >= 0.3 is 5.97 Å². The SMILES string of the molecule is COC(=O)[C@@H](NC1CCSc2ccccc21)C(C)C. The lowest BCUT2D eigenvalue weighted by Crippen LogP contribution is -2.44. The van der Waals surface area contributed by atoms with Gasteiger partial charge in [0.05, 0.1) is 7.11 Å². The lowest BCUT2D eigenvalue weighted by molar-refractivity contribution is -0.144. The minimum atomic E-state index is -0.244. The maximum Gasteiger partial charge on any atom is 0.323 e. The average molecular weight is 279 g/mol. The van der Waals surface area contributed by atoms with Crippen LogP contribution in [0.1, 0.15) is 31.9 Å². The van der Waals surface area contributed by atoms with Crippen molar-refractivity contribution in [1.29, 1.82) is 0 Å². The number of thioether (sulfide) groups is 1. The highest BCUT2D eigenvalue weighted by Gasteiger charge is 2.28. The lowest BCUT2D eigenvalue weighted by Gasteiger charge is -2.30. The second kappa shape index (κ2) is 6.44. The van der Waals surface area contributed by atoms with Gasteiger partial charge in [0.2, 0.25) is 0 Å². The van der Waals surface area contributed by atoms with Gasteiger partial charge < -0.3 is 4.74 Å². The van der Waals surface area contributed by atoms with Crippen LogP contribution in [0.4, 0.5) is 0 Å². The van der Waals surface area contributed by atoms with E-state index in [-0.39, 0.29) is 24.0 Å². The Morgan fingerprint density at radius 2 is 2.16 bits per heavy atom. The minimum absolute atomic E-state index is 0.175. The van der Waals surface area contributed by atoms with Gasteiger partial charge in [0.15, 0.2) is 0 Å². The van der Waals surface area contributed by atoms with Gasteiger partial charge in [-0.1, -0.05) is 32.0 Å². The molecule has 0 spiro atoms. The molecule has 1 aromatic carbocycles. The van der Waals surface area contributed by atoms with Crippen LogP contribution < -0.4 is 5.32 Å². The van der Waals surface area contributed by atoms with Crippen LogP contribution in [0.5, 0.6) is 0 Å². The monoisotopic (exact) mass is 279 g/mol. The number of ether oxygens (including phenoxy) is 1. The van der Waals surface area contributed by atoms with Gasteiger partial charge in [0, 0.05) is 10.9 Å². The Hall–Kier alpha value is -1.00. The van der Waals surface area contributed by atoms with E-state index in [4.69, 9.17) is 4.74 Å². The molecule has 0 fully saturated rings. The first-order valence-corrected chi connectivity index (χ1v) is 7.67. The molecule has 1 heterocycles. The van der Waals surface area contributed by atoms with E-state index in [9.17, 15) is 4.79 Å². The molecule has 0 amide bonds. The van der Waals surface area contributed by atoms with Gasteiger partial charge in [-0.2, -0.15) is 0 Å². The van der Waals surface area contributed by atoms with Crippen molar-refractivity contribution in [2.24, 2.45) is 5.92 Å². The number of benzene rings is 1. The third-order valence-corrected chi connectivity index (χ3v) is 4.58. The number of carbonyl (C=O) groups is 1. The molecule has 104 valence electrons. The Morgan fingerprint density at radius 1 is 1.42 bits per heavy atom. The Bertz CT molecular complexity index is 448. The van der Waals surface area contributed by atoms with Gasteiger partial charge in [-0.05, 0) is 29.7 Å². The van der Waals surface area contributed by atoms with Crippen LogP contribution in [-0.4, -0.2) is 24.9 Å². The highest BCUT2D eigenvalue weighted by molar-refractivity contribution is 7.99. The quantitative estimate of drug-likeness (QED) is 0.860. The Labute approximate surface area is 119 Å². The summed E-state index contributed by atoms with van der Waals surface area (Å²) in [6.45, 7) is 4.08. The summed E-state index contributed by atoms with van der Waals surface area (Å²) in [6.07, 6.45) is 1.04. The largest absolute Gasteiger partial charge is 0.468 e. The van der Waals surface area contributed by atoms with E-state index in [1.165, 1.54) is 17.6 Å². The summed E-state index contributed by atoms with van der Waals surface area (Å²) in [6, 6.07) is 8.41. The van der Waals surface area contributed by atoms with Crippen molar-refractivity contribution in [1.82, 2.24) is 5.32 Å². The third-order valence-electron chi connectivity index (χ3n) is 3.46. The summed E-state index contributed by atoms with van der Waals surface area (Å²) >= 11 is 1.89. The number of fused-ring (bicyclic) bond motifs is 1. The molecule has 1 unspecified atom stereocenters. The second-order valence-electron chi connectivity index (χ2n) is 5.14. The Balaban J connectivity index is 2.17. The van der Waals surface area contributed by atoms with Crippen molar-refractivity contribution < 1.29 is 9.53 Å². The van der Waals surface area contributed by atoms with E-state index in [2.05, 4.69) is 29.6 Å². The first kappa shape index (κ1) is 14.4. The van der Waals surface area contributed by atoms with Gasteiger partial charge in [-0.15, -0.1) is 11.8 Å². The van der Waals surface area contributed by atoms with E-state index in [1.807, 2.05) is 25.6 Å². The van der Waals surface area contributed by atoms with E-state index < -0.39 is 0 Å². The topological polar surface area (TPSA) is 38.3 Å². The first-order chi connectivity index (χ1) is 9.13. The molecule has 1 N–H and O–H groups in total. The summed E-state index contributed by atoms with van der Waals surface area (Å²) in [4.78, 5) is 13.2. The van der Waals surface area contributed by atoms with E-state index in [0.29, 0.717) is 0 Å². The highest BCUT2D eigenvalue weighted by Crippen LogP contribution is 2.36. The number of hydrogen-bond acceptors (Lipinski definition) is 4. The van der Waals surface area contributed by atoms with Crippen molar-refractivity contribution in [2.45, 2.75) is 37.2 Å². The van der Waals surface area contributed by atoms with Crippen LogP contribution in [0.3, 0.4) is 0 Å². The van der Waals surface area contributed by atoms with Crippen LogP contribution in [0, 0.1) is 5.92 Å². The predicted molar refractivity (Wildman–Crippen MR) is 78.3 cm³/mol. The molecule has 0 radical (unpaired) electrons. The smallest absolute Gasteiger partial charge is 0.323 e. The maximum absolute atomic E-state index is 11.8. The standard InChI is InChI=1S/C15H21NO2S/c1-10(2)14(15(17)18-3)16-12-8-9-19-13-7-5-4-6-11(12)13/h4-7,10,12,14,16H,8-9H2,1-3H3/t12?,14-/m0/s1. The lowest BCUT2D eigenvalue weighted by atomic mass is 9.98. The van der Waals surface area contributed by atoms with Crippen molar-refractivity contribution in [3.05, 3.63) is 29.8 Å². The van der Waals surface area contributed by atoms with Gasteiger partial charge in [-0.25, -0.2) is 0 Å². The molecule has 0 aromatic heterocycles. The Kier molecular flexibility index (Phi) is 4.88. The van der Waals surface area contributed by atoms with E-state index in [0.717, 1.165) is 12.2 Å². The number of carbonyl (C=O) groups excluding carboxylic acids is 1. The zero-order valence-electron chi connectivity index (χ0n) is 11.7. The fourth-order valence-corrected chi connectivity index (χ4v) is 3.52. The summed E-state index contributed by atoms with van der Waals surface area (Å²) in [7, 11) is 1.45. The third kappa shape index (κ3) is 3.31. The average Bonchev–Trinajstić information content (AvgIpc) is 2.43. The Morgan fingerprint density at radius 3 is 2.84 bits per heavy atom. The molecule has 19 heavy (non-hydrogen) atoms. The molecule has 1 aliphatic rings. The zero-order chi connectivity index (χ0) is 13.8. The van der Waals surface area contributed by atoms with Crippen LogP contribution in [0.25, 0.3) is 0 Å². The summed E-state index contributed by atoms with van der Waals surface area (Å²) in [5.74, 6) is 1.13. The second-order valence-corrected chi connectivity index (χ2v) is 6.28. The van der Waals surface area contributed by atoms with Crippen LogP contribution >= 0.6 is 11.8 Å². The fourth-order valence-electron chi connectivity index (χ4n) is 2.39. The van der Waals surface area contributed by atoms with Crippen molar-refractivity contribution in [3.63, 3.8) is 0 Å². The van der Waals surface area contributed by atoms with Crippen LogP contribution in [-0.2, 0) is 9.53 Å². The first-order valence-electron chi connectivity index (χ1n) is 6.69. The number of esters is 1. The molecule has 3 nitrogen and oxygen atoms in total. The number of hydrogen-bond donors (Lipinski definition) is 1. The minimum Gasteiger partial charge on any atom is -0.468 e. The fraction of sp³-hybridized carbons (Fsp3) is 0.533. The van der Waals surface area contributed by atoms with Crippen molar-refractivity contribution in [2.75, 3.05) is 12.9 Å². The summed E-state index contributed by atoms with van der Waals surface area (Å²) < 4.78 is 4.90. The number of nitrogens with one attached hydrogen (secondary N) is 1. The number of rotatable bonds is 4. The van der Waals surface area contributed by atoms with Gasteiger partial charge in [-0.3, -0.25) is 10.1 Å². The summed E-state index contributed by atoms with van der Waals surface area (Å²) in [5, 5.41) is 3.47. The van der Waals surface area contributed by atoms with Gasteiger partial charge in [0.25, 0.3) is 0 Å². The van der Waals surface area contributed by atoms with Crippen LogP contribution in [0.15, 0.2) is 29.2 Å². The van der Waals surface area contributed by atoms with Gasteiger partial charge in [0.1, 0.15) is 6.04 Å². The molecule has 0 bridgehead atoms. The molecule has 0 aliphatic carbocycles. The summed E-state index contributed by atoms with van der Waals surface area (Å²) in [5.41, 5.74) is 1.30. The molecule has 1 aromatic rings.